The molecule has 0 saturated carbocycles. The molecular weight excluding hydrogens is 212 g/mol. The molecule has 4 nitrogen and oxygen atoms in total. The summed E-state index contributed by atoms with van der Waals surface area (Å²) in [4.78, 5) is 16.5. The number of nitrogens with zero attached hydrogens (tertiary/aromatic N) is 1. The van der Waals surface area contributed by atoms with Crippen LogP contribution in [0, 0.1) is 6.92 Å². The molecule has 5 heteroatoms. The van der Waals surface area contributed by atoms with Crippen LogP contribution in [0.2, 0.25) is 0 Å². The average molecular weight is 228 g/mol. The van der Waals surface area contributed by atoms with Gasteiger partial charge in [0.1, 0.15) is 5.60 Å². The lowest BCUT2D eigenvalue weighted by molar-refractivity contribution is 0.0524. The van der Waals surface area contributed by atoms with E-state index in [2.05, 4.69) is 10.3 Å². The minimum Gasteiger partial charge on any atom is -0.444 e. The van der Waals surface area contributed by atoms with Gasteiger partial charge in [-0.05, 0) is 27.7 Å². The number of ether oxygens (including phenoxy) is 1. The first-order chi connectivity index (χ1) is 6.88. The van der Waals surface area contributed by atoms with Gasteiger partial charge in [-0.25, -0.2) is 9.78 Å². The van der Waals surface area contributed by atoms with Crippen LogP contribution in [0.3, 0.4) is 0 Å². The highest BCUT2D eigenvalue weighted by molar-refractivity contribution is 7.09. The third-order valence-electron chi connectivity index (χ3n) is 1.64. The first-order valence-electron chi connectivity index (χ1n) is 4.74. The summed E-state index contributed by atoms with van der Waals surface area (Å²) in [7, 11) is 0. The van der Waals surface area contributed by atoms with Gasteiger partial charge in [-0.15, -0.1) is 11.3 Å². The van der Waals surface area contributed by atoms with Gasteiger partial charge >= 0.3 is 6.09 Å². The monoisotopic (exact) mass is 228 g/mol. The number of thiazole rings is 1. The Kier molecular flexibility index (Phi) is 3.68. The van der Waals surface area contributed by atoms with Gasteiger partial charge in [-0.2, -0.15) is 0 Å². The van der Waals surface area contributed by atoms with Gasteiger partial charge in [0.2, 0.25) is 0 Å². The molecule has 15 heavy (non-hydrogen) atoms. The number of carbonyl (C=O) groups excluding carboxylic acids is 1. The molecule has 0 radical (unpaired) electrons. The standard InChI is InChI=1S/C10H16N2O2S/c1-7-8(15-6-12-7)5-11-9(13)14-10(2,3)4/h6H,5H2,1-4H3,(H,11,13). The van der Waals surface area contributed by atoms with Crippen LogP contribution < -0.4 is 5.32 Å². The van der Waals surface area contributed by atoms with Crippen LogP contribution in [0.4, 0.5) is 4.79 Å². The number of amides is 1. The molecule has 0 aliphatic rings. The number of hydrogen-bond donors (Lipinski definition) is 1. The molecule has 84 valence electrons. The Morgan fingerprint density at radius 2 is 2.27 bits per heavy atom. The second-order valence-electron chi connectivity index (χ2n) is 4.22. The van der Waals surface area contributed by atoms with E-state index in [0.717, 1.165) is 10.6 Å². The summed E-state index contributed by atoms with van der Waals surface area (Å²) in [5.41, 5.74) is 2.27. The fraction of sp³-hybridized carbons (Fsp3) is 0.600. The summed E-state index contributed by atoms with van der Waals surface area (Å²) in [6, 6.07) is 0. The van der Waals surface area contributed by atoms with Gasteiger partial charge in [0.25, 0.3) is 0 Å². The molecule has 0 bridgehead atoms. The van der Waals surface area contributed by atoms with Crippen molar-refractivity contribution in [2.75, 3.05) is 0 Å². The molecule has 0 aliphatic heterocycles. The number of nitrogens with one attached hydrogen (secondary N) is 1. The summed E-state index contributed by atoms with van der Waals surface area (Å²) in [6.07, 6.45) is -0.393. The van der Waals surface area contributed by atoms with Crippen LogP contribution in [-0.4, -0.2) is 16.7 Å². The van der Waals surface area contributed by atoms with Crippen molar-refractivity contribution in [3.05, 3.63) is 16.1 Å². The Hall–Kier alpha value is -1.10. The first kappa shape index (κ1) is 12.0. The van der Waals surface area contributed by atoms with E-state index in [0.29, 0.717) is 6.54 Å². The van der Waals surface area contributed by atoms with E-state index in [1.165, 1.54) is 11.3 Å². The molecule has 0 spiro atoms. The van der Waals surface area contributed by atoms with E-state index in [1.54, 1.807) is 5.51 Å². The number of aryl methyl sites for hydroxylation is 1. The van der Waals surface area contributed by atoms with Crippen molar-refractivity contribution in [3.63, 3.8) is 0 Å². The fourth-order valence-corrected chi connectivity index (χ4v) is 1.68. The minimum absolute atomic E-state index is 0.393. The zero-order chi connectivity index (χ0) is 11.5. The summed E-state index contributed by atoms with van der Waals surface area (Å²) in [5, 5.41) is 2.69. The molecule has 1 amide bonds. The summed E-state index contributed by atoms with van der Waals surface area (Å²) >= 11 is 1.53. The van der Waals surface area contributed by atoms with Gasteiger partial charge in [-0.1, -0.05) is 0 Å². The Bertz CT molecular complexity index is 341. The Morgan fingerprint density at radius 1 is 1.60 bits per heavy atom. The molecule has 0 fully saturated rings. The second kappa shape index (κ2) is 4.61. The molecule has 1 aromatic heterocycles. The number of hydrogen-bond acceptors (Lipinski definition) is 4. The number of carbonyl (C=O) groups is 1. The number of alkyl carbamates (subject to hydrolysis) is 1. The zero-order valence-electron chi connectivity index (χ0n) is 9.46. The van der Waals surface area contributed by atoms with Gasteiger partial charge in [0.05, 0.1) is 17.7 Å². The minimum atomic E-state index is -0.452. The van der Waals surface area contributed by atoms with Gasteiger partial charge < -0.3 is 10.1 Å². The second-order valence-corrected chi connectivity index (χ2v) is 5.16. The average Bonchev–Trinajstić information content (AvgIpc) is 2.44. The maximum Gasteiger partial charge on any atom is 0.407 e. The molecule has 0 aromatic carbocycles. The molecule has 1 aromatic rings. The van der Waals surface area contributed by atoms with Crippen molar-refractivity contribution >= 4 is 17.4 Å². The van der Waals surface area contributed by atoms with Gasteiger partial charge in [-0.3, -0.25) is 0 Å². The van der Waals surface area contributed by atoms with Crippen molar-refractivity contribution < 1.29 is 9.53 Å². The van der Waals surface area contributed by atoms with E-state index in [4.69, 9.17) is 4.74 Å². The summed E-state index contributed by atoms with van der Waals surface area (Å²) < 4.78 is 5.11. The third-order valence-corrected chi connectivity index (χ3v) is 2.57. The molecule has 0 atom stereocenters. The highest BCUT2D eigenvalue weighted by atomic mass is 32.1. The highest BCUT2D eigenvalue weighted by Crippen LogP contribution is 2.12. The molecule has 1 N–H and O–H groups in total. The normalized spacial score (nSPS) is 11.2. The fourth-order valence-electron chi connectivity index (χ4n) is 0.963. The van der Waals surface area contributed by atoms with Crippen molar-refractivity contribution in [2.24, 2.45) is 0 Å². The van der Waals surface area contributed by atoms with Crippen molar-refractivity contribution in [2.45, 2.75) is 39.8 Å². The van der Waals surface area contributed by atoms with Crippen LogP contribution in [0.25, 0.3) is 0 Å². The van der Waals surface area contributed by atoms with E-state index < -0.39 is 11.7 Å². The van der Waals surface area contributed by atoms with E-state index >= 15 is 0 Å². The van der Waals surface area contributed by atoms with Gasteiger partial charge in [0, 0.05) is 4.88 Å². The molecule has 0 aliphatic carbocycles. The quantitative estimate of drug-likeness (QED) is 0.846. The predicted molar refractivity (Wildman–Crippen MR) is 59.9 cm³/mol. The third kappa shape index (κ3) is 4.29. The largest absolute Gasteiger partial charge is 0.444 e. The number of aromatic nitrogens is 1. The van der Waals surface area contributed by atoms with E-state index in [9.17, 15) is 4.79 Å². The van der Waals surface area contributed by atoms with Gasteiger partial charge in [0.15, 0.2) is 0 Å². The molecule has 1 rings (SSSR count). The Balaban J connectivity index is 2.38. The SMILES string of the molecule is Cc1ncsc1CNC(=O)OC(C)(C)C. The molecule has 1 heterocycles. The lowest BCUT2D eigenvalue weighted by Gasteiger charge is -2.19. The van der Waals surface area contributed by atoms with Crippen LogP contribution in [0.5, 0.6) is 0 Å². The summed E-state index contributed by atoms with van der Waals surface area (Å²) in [6.45, 7) is 7.91. The lowest BCUT2D eigenvalue weighted by atomic mass is 10.2. The smallest absolute Gasteiger partial charge is 0.407 e. The predicted octanol–water partition coefficient (Wildman–Crippen LogP) is 2.48. The van der Waals surface area contributed by atoms with Crippen molar-refractivity contribution in [3.8, 4) is 0 Å². The Morgan fingerprint density at radius 3 is 2.73 bits per heavy atom. The topological polar surface area (TPSA) is 51.2 Å². The molecule has 0 unspecified atom stereocenters. The molecule has 0 saturated heterocycles. The maximum atomic E-state index is 11.3. The van der Waals surface area contributed by atoms with Crippen LogP contribution in [0.1, 0.15) is 31.3 Å². The van der Waals surface area contributed by atoms with Crippen LogP contribution in [-0.2, 0) is 11.3 Å². The number of rotatable bonds is 2. The van der Waals surface area contributed by atoms with E-state index in [-0.39, 0.29) is 0 Å². The van der Waals surface area contributed by atoms with Crippen molar-refractivity contribution in [1.82, 2.24) is 10.3 Å². The first-order valence-corrected chi connectivity index (χ1v) is 5.62. The molecular formula is C10H16N2O2S. The lowest BCUT2D eigenvalue weighted by Crippen LogP contribution is -2.32. The zero-order valence-corrected chi connectivity index (χ0v) is 10.3. The van der Waals surface area contributed by atoms with Crippen LogP contribution >= 0.6 is 11.3 Å². The van der Waals surface area contributed by atoms with Crippen LogP contribution in [0.15, 0.2) is 5.51 Å². The highest BCUT2D eigenvalue weighted by Gasteiger charge is 2.16. The maximum absolute atomic E-state index is 11.3. The Labute approximate surface area is 93.7 Å². The van der Waals surface area contributed by atoms with E-state index in [1.807, 2.05) is 27.7 Å². The van der Waals surface area contributed by atoms with Crippen molar-refractivity contribution in [1.29, 1.82) is 0 Å². The summed E-state index contributed by atoms with van der Waals surface area (Å²) in [5.74, 6) is 0.